The largest absolute Gasteiger partial charge is 0.295 e. The van der Waals surface area contributed by atoms with Gasteiger partial charge >= 0.3 is 0 Å². The zero-order valence-corrected chi connectivity index (χ0v) is 8.95. The molecule has 3 nitrogen and oxygen atoms in total. The molecule has 1 N–H and O–H groups in total. The van der Waals surface area contributed by atoms with Gasteiger partial charge in [-0.15, -0.1) is 12.4 Å². The summed E-state index contributed by atoms with van der Waals surface area (Å²) < 4.78 is 30.5. The summed E-state index contributed by atoms with van der Waals surface area (Å²) in [5.74, 6) is 0. The van der Waals surface area contributed by atoms with Crippen molar-refractivity contribution >= 4 is 22.5 Å². The Morgan fingerprint density at radius 1 is 1.15 bits per heavy atom. The van der Waals surface area contributed by atoms with Crippen molar-refractivity contribution in [1.29, 1.82) is 0 Å². The van der Waals surface area contributed by atoms with E-state index in [9.17, 15) is 8.42 Å². The lowest BCUT2D eigenvalue weighted by atomic mass is 10.2. The van der Waals surface area contributed by atoms with Gasteiger partial charge in [0.2, 0.25) is 0 Å². The number of hydrogen-bond acceptors (Lipinski definition) is 2. The first-order chi connectivity index (χ1) is 5.43. The standard InChI is InChI=1S/C8H10O3S.ClH/c1-6-4-3-5-7(2)8(6)12(9,10)11;/h3-5H,1-2H3,(H,9,10,11);1H. The van der Waals surface area contributed by atoms with Crippen LogP contribution in [0.15, 0.2) is 23.1 Å². The molecule has 5 heteroatoms. The summed E-state index contributed by atoms with van der Waals surface area (Å²) >= 11 is 0. The van der Waals surface area contributed by atoms with Crippen LogP contribution in [-0.2, 0) is 10.1 Å². The lowest BCUT2D eigenvalue weighted by molar-refractivity contribution is 0.482. The van der Waals surface area contributed by atoms with Crippen LogP contribution in [0.25, 0.3) is 0 Å². The monoisotopic (exact) mass is 222 g/mol. The van der Waals surface area contributed by atoms with Crippen LogP contribution in [0.5, 0.6) is 0 Å². The molecule has 0 saturated heterocycles. The van der Waals surface area contributed by atoms with Crippen molar-refractivity contribution in [1.82, 2.24) is 0 Å². The van der Waals surface area contributed by atoms with E-state index in [0.29, 0.717) is 11.1 Å². The molecule has 0 fully saturated rings. The van der Waals surface area contributed by atoms with Gasteiger partial charge in [-0.3, -0.25) is 4.55 Å². The molecule has 0 aromatic heterocycles. The van der Waals surface area contributed by atoms with Gasteiger partial charge in [-0.05, 0) is 25.0 Å². The van der Waals surface area contributed by atoms with Crippen molar-refractivity contribution in [2.24, 2.45) is 0 Å². The predicted molar refractivity (Wildman–Crippen MR) is 53.0 cm³/mol. The third kappa shape index (κ3) is 2.69. The Hall–Kier alpha value is -0.580. The maximum atomic E-state index is 10.8. The van der Waals surface area contributed by atoms with Gasteiger partial charge in [-0.25, -0.2) is 0 Å². The van der Waals surface area contributed by atoms with Crippen molar-refractivity contribution in [3.05, 3.63) is 29.3 Å². The number of benzene rings is 1. The van der Waals surface area contributed by atoms with Gasteiger partial charge in [0.05, 0.1) is 4.90 Å². The summed E-state index contributed by atoms with van der Waals surface area (Å²) in [5, 5.41) is 0. The second-order valence-corrected chi connectivity index (χ2v) is 4.05. The highest BCUT2D eigenvalue weighted by Gasteiger charge is 2.14. The number of halogens is 1. The van der Waals surface area contributed by atoms with E-state index in [2.05, 4.69) is 0 Å². The van der Waals surface area contributed by atoms with Gasteiger partial charge in [-0.2, -0.15) is 8.42 Å². The van der Waals surface area contributed by atoms with E-state index in [1.54, 1.807) is 32.0 Å². The van der Waals surface area contributed by atoms with Crippen molar-refractivity contribution in [2.75, 3.05) is 0 Å². The average molecular weight is 223 g/mol. The molecule has 0 unspecified atom stereocenters. The first-order valence-electron chi connectivity index (χ1n) is 3.46. The van der Waals surface area contributed by atoms with E-state index in [1.165, 1.54) is 0 Å². The summed E-state index contributed by atoms with van der Waals surface area (Å²) in [4.78, 5) is 0.0185. The fourth-order valence-corrected chi connectivity index (χ4v) is 2.16. The molecule has 1 rings (SSSR count). The summed E-state index contributed by atoms with van der Waals surface area (Å²) in [7, 11) is -4.06. The summed E-state index contributed by atoms with van der Waals surface area (Å²) in [6.07, 6.45) is 0. The van der Waals surface area contributed by atoms with Crippen LogP contribution in [-0.4, -0.2) is 13.0 Å². The second-order valence-electron chi connectivity index (χ2n) is 2.70. The topological polar surface area (TPSA) is 54.4 Å². The Morgan fingerprint density at radius 2 is 1.54 bits per heavy atom. The molecule has 0 aliphatic heterocycles. The Bertz CT molecular complexity index is 378. The summed E-state index contributed by atoms with van der Waals surface area (Å²) in [6, 6.07) is 5.05. The van der Waals surface area contributed by atoms with Crippen molar-refractivity contribution in [2.45, 2.75) is 18.7 Å². The molecular weight excluding hydrogens is 212 g/mol. The molecule has 1 aromatic rings. The second kappa shape index (κ2) is 4.09. The Kier molecular flexibility index (Phi) is 3.90. The van der Waals surface area contributed by atoms with Crippen LogP contribution in [0, 0.1) is 13.8 Å². The van der Waals surface area contributed by atoms with Crippen LogP contribution in [0.4, 0.5) is 0 Å². The summed E-state index contributed by atoms with van der Waals surface area (Å²) in [5.41, 5.74) is 1.13. The van der Waals surface area contributed by atoms with Gasteiger partial charge < -0.3 is 0 Å². The van der Waals surface area contributed by atoms with Crippen LogP contribution in [0.3, 0.4) is 0 Å². The minimum atomic E-state index is -4.06. The van der Waals surface area contributed by atoms with Crippen molar-refractivity contribution in [3.63, 3.8) is 0 Å². The van der Waals surface area contributed by atoms with Crippen LogP contribution >= 0.6 is 12.4 Å². The number of hydrogen-bond donors (Lipinski definition) is 1. The van der Waals surface area contributed by atoms with E-state index < -0.39 is 10.1 Å². The van der Waals surface area contributed by atoms with E-state index in [1.807, 2.05) is 0 Å². The predicted octanol–water partition coefficient (Wildman–Crippen LogP) is 1.97. The third-order valence-corrected chi connectivity index (χ3v) is 2.83. The molecule has 0 atom stereocenters. The lowest BCUT2D eigenvalue weighted by Crippen LogP contribution is -2.03. The molecule has 1 aromatic carbocycles. The zero-order chi connectivity index (χ0) is 9.35. The summed E-state index contributed by atoms with van der Waals surface area (Å²) in [6.45, 7) is 3.30. The van der Waals surface area contributed by atoms with Crippen LogP contribution in [0.1, 0.15) is 11.1 Å². The molecule has 0 bridgehead atoms. The Labute approximate surface area is 83.9 Å². The van der Waals surface area contributed by atoms with Gasteiger partial charge in [0.1, 0.15) is 0 Å². The molecular formula is C8H11ClO3S. The number of rotatable bonds is 1. The first kappa shape index (κ1) is 12.4. The van der Waals surface area contributed by atoms with E-state index in [-0.39, 0.29) is 17.3 Å². The normalized spacial score (nSPS) is 10.7. The van der Waals surface area contributed by atoms with Crippen molar-refractivity contribution in [3.8, 4) is 0 Å². The SMILES string of the molecule is Cc1cccc(C)c1S(=O)(=O)O.Cl. The first-order valence-corrected chi connectivity index (χ1v) is 4.90. The van der Waals surface area contributed by atoms with E-state index >= 15 is 0 Å². The highest BCUT2D eigenvalue weighted by Crippen LogP contribution is 2.18. The van der Waals surface area contributed by atoms with Crippen LogP contribution in [0.2, 0.25) is 0 Å². The molecule has 0 heterocycles. The minimum Gasteiger partial charge on any atom is -0.282 e. The third-order valence-electron chi connectivity index (χ3n) is 1.67. The van der Waals surface area contributed by atoms with Crippen LogP contribution < -0.4 is 0 Å². The minimum absolute atomic E-state index is 0. The highest BCUT2D eigenvalue weighted by atomic mass is 35.5. The number of aryl methyl sites for hydroxylation is 2. The van der Waals surface area contributed by atoms with Gasteiger partial charge in [-0.1, -0.05) is 18.2 Å². The highest BCUT2D eigenvalue weighted by molar-refractivity contribution is 7.86. The molecule has 0 amide bonds. The smallest absolute Gasteiger partial charge is 0.282 e. The molecule has 0 radical (unpaired) electrons. The van der Waals surface area contributed by atoms with Gasteiger partial charge in [0.15, 0.2) is 0 Å². The quantitative estimate of drug-likeness (QED) is 0.740. The fourth-order valence-electron chi connectivity index (χ4n) is 1.21. The Balaban J connectivity index is 0.00000144. The fraction of sp³-hybridized carbons (Fsp3) is 0.250. The van der Waals surface area contributed by atoms with Gasteiger partial charge in [0, 0.05) is 0 Å². The van der Waals surface area contributed by atoms with Gasteiger partial charge in [0.25, 0.3) is 10.1 Å². The molecule has 0 saturated carbocycles. The zero-order valence-electron chi connectivity index (χ0n) is 7.31. The van der Waals surface area contributed by atoms with E-state index in [0.717, 1.165) is 0 Å². The molecule has 0 spiro atoms. The molecule has 0 aliphatic rings. The maximum Gasteiger partial charge on any atom is 0.295 e. The maximum absolute atomic E-state index is 10.8. The molecule has 74 valence electrons. The van der Waals surface area contributed by atoms with Crippen molar-refractivity contribution < 1.29 is 13.0 Å². The Morgan fingerprint density at radius 3 is 1.77 bits per heavy atom. The lowest BCUT2D eigenvalue weighted by Gasteiger charge is -2.04. The molecule has 0 aliphatic carbocycles. The average Bonchev–Trinajstić information content (AvgIpc) is 1.82. The molecule has 13 heavy (non-hydrogen) atoms. The van der Waals surface area contributed by atoms with E-state index in [4.69, 9.17) is 4.55 Å².